The Balaban J connectivity index is 1.83. The van der Waals surface area contributed by atoms with Crippen LogP contribution in [0.2, 0.25) is 0 Å². The quantitative estimate of drug-likeness (QED) is 0.743. The van der Waals surface area contributed by atoms with Gasteiger partial charge in [0.15, 0.2) is 0 Å². The van der Waals surface area contributed by atoms with Gasteiger partial charge in [-0.2, -0.15) is 0 Å². The van der Waals surface area contributed by atoms with E-state index in [0.29, 0.717) is 24.8 Å². The number of rotatable bonds is 8. The molecule has 1 aliphatic rings. The van der Waals surface area contributed by atoms with E-state index in [9.17, 15) is 4.79 Å². The van der Waals surface area contributed by atoms with Crippen LogP contribution in [0, 0.1) is 0 Å². The first-order valence-corrected chi connectivity index (χ1v) is 8.57. The van der Waals surface area contributed by atoms with E-state index in [-0.39, 0.29) is 5.91 Å². The molecule has 0 bridgehead atoms. The number of hydrogen-bond donors (Lipinski definition) is 1. The Hall–Kier alpha value is -1.85. The smallest absolute Gasteiger partial charge is 0.251 e. The molecular formula is C19H28N2O3. The molecule has 5 nitrogen and oxygen atoms in total. The molecule has 1 saturated heterocycles. The van der Waals surface area contributed by atoms with Gasteiger partial charge in [-0.3, -0.25) is 9.69 Å². The van der Waals surface area contributed by atoms with Crippen LogP contribution in [0.5, 0.6) is 5.75 Å². The highest BCUT2D eigenvalue weighted by atomic mass is 16.5. The van der Waals surface area contributed by atoms with E-state index in [1.165, 1.54) is 0 Å². The standard InChI is InChI=1S/C19H28N2O3/c1-4-17(21-9-11-23-12-10-21)13-20-19(22)16-5-7-18(8-6-16)24-14-15(2)3/h5-8,17H,2,4,9-14H2,1,3H3,(H,20,22). The predicted octanol–water partition coefficient (Wildman–Crippen LogP) is 2.48. The van der Waals surface area contributed by atoms with Crippen LogP contribution in [0.15, 0.2) is 36.4 Å². The topological polar surface area (TPSA) is 50.8 Å². The van der Waals surface area contributed by atoms with Gasteiger partial charge in [-0.15, -0.1) is 0 Å². The van der Waals surface area contributed by atoms with Gasteiger partial charge in [0.2, 0.25) is 0 Å². The Kier molecular flexibility index (Phi) is 7.28. The number of morpholine rings is 1. The SMILES string of the molecule is C=C(C)COc1ccc(C(=O)NCC(CC)N2CCOCC2)cc1. The summed E-state index contributed by atoms with van der Waals surface area (Å²) in [6, 6.07) is 7.57. The van der Waals surface area contributed by atoms with E-state index >= 15 is 0 Å². The summed E-state index contributed by atoms with van der Waals surface area (Å²) in [6.45, 7) is 12.4. The zero-order valence-corrected chi connectivity index (χ0v) is 14.7. The van der Waals surface area contributed by atoms with Crippen molar-refractivity contribution < 1.29 is 14.3 Å². The van der Waals surface area contributed by atoms with Crippen LogP contribution in [-0.2, 0) is 4.74 Å². The first kappa shape index (κ1) is 18.5. The van der Waals surface area contributed by atoms with Gasteiger partial charge < -0.3 is 14.8 Å². The van der Waals surface area contributed by atoms with Gasteiger partial charge >= 0.3 is 0 Å². The third kappa shape index (κ3) is 5.65. The summed E-state index contributed by atoms with van der Waals surface area (Å²) < 4.78 is 10.9. The Morgan fingerprint density at radius 1 is 1.33 bits per heavy atom. The van der Waals surface area contributed by atoms with E-state index in [4.69, 9.17) is 9.47 Å². The van der Waals surface area contributed by atoms with Gasteiger partial charge in [0, 0.05) is 31.2 Å². The van der Waals surface area contributed by atoms with Crippen LogP contribution < -0.4 is 10.1 Å². The Bertz CT molecular complexity index is 536. The average molecular weight is 332 g/mol. The highest BCUT2D eigenvalue weighted by Crippen LogP contribution is 2.13. The molecule has 1 N–H and O–H groups in total. The van der Waals surface area contributed by atoms with Crippen molar-refractivity contribution in [1.29, 1.82) is 0 Å². The van der Waals surface area contributed by atoms with Crippen molar-refractivity contribution in [2.75, 3.05) is 39.5 Å². The first-order valence-electron chi connectivity index (χ1n) is 8.57. The van der Waals surface area contributed by atoms with Crippen LogP contribution >= 0.6 is 0 Å². The zero-order chi connectivity index (χ0) is 17.4. The van der Waals surface area contributed by atoms with E-state index in [1.54, 1.807) is 12.1 Å². The van der Waals surface area contributed by atoms with Crippen molar-refractivity contribution in [3.05, 3.63) is 42.0 Å². The average Bonchev–Trinajstić information content (AvgIpc) is 2.61. The minimum Gasteiger partial charge on any atom is -0.489 e. The Morgan fingerprint density at radius 2 is 2.00 bits per heavy atom. The molecular weight excluding hydrogens is 304 g/mol. The summed E-state index contributed by atoms with van der Waals surface area (Å²) in [5.41, 5.74) is 1.61. The highest BCUT2D eigenvalue weighted by Gasteiger charge is 2.20. The van der Waals surface area contributed by atoms with Crippen molar-refractivity contribution in [3.8, 4) is 5.75 Å². The van der Waals surface area contributed by atoms with Gasteiger partial charge in [0.1, 0.15) is 12.4 Å². The fourth-order valence-corrected chi connectivity index (χ4v) is 2.70. The molecule has 1 aliphatic heterocycles. The molecule has 1 fully saturated rings. The normalized spacial score (nSPS) is 16.4. The minimum absolute atomic E-state index is 0.0480. The van der Waals surface area contributed by atoms with Crippen molar-refractivity contribution in [3.63, 3.8) is 0 Å². The van der Waals surface area contributed by atoms with E-state index in [1.807, 2.05) is 19.1 Å². The summed E-state index contributed by atoms with van der Waals surface area (Å²) in [4.78, 5) is 14.7. The Morgan fingerprint density at radius 3 is 2.58 bits per heavy atom. The van der Waals surface area contributed by atoms with Crippen molar-refractivity contribution in [2.45, 2.75) is 26.3 Å². The number of ether oxygens (including phenoxy) is 2. The van der Waals surface area contributed by atoms with Crippen LogP contribution in [0.4, 0.5) is 0 Å². The largest absolute Gasteiger partial charge is 0.489 e. The van der Waals surface area contributed by atoms with E-state index in [2.05, 4.69) is 23.7 Å². The van der Waals surface area contributed by atoms with E-state index < -0.39 is 0 Å². The number of nitrogens with zero attached hydrogens (tertiary/aromatic N) is 1. The number of nitrogens with one attached hydrogen (secondary N) is 1. The lowest BCUT2D eigenvalue weighted by molar-refractivity contribution is 0.0159. The van der Waals surface area contributed by atoms with Crippen molar-refractivity contribution in [1.82, 2.24) is 10.2 Å². The molecule has 24 heavy (non-hydrogen) atoms. The number of carbonyl (C=O) groups excluding carboxylic acids is 1. The third-order valence-corrected chi connectivity index (χ3v) is 4.13. The molecule has 132 valence electrons. The molecule has 5 heteroatoms. The third-order valence-electron chi connectivity index (χ3n) is 4.13. The molecule has 1 amide bonds. The summed E-state index contributed by atoms with van der Waals surface area (Å²) >= 11 is 0. The minimum atomic E-state index is -0.0480. The summed E-state index contributed by atoms with van der Waals surface area (Å²) in [5.74, 6) is 0.697. The van der Waals surface area contributed by atoms with Gasteiger partial charge in [-0.25, -0.2) is 0 Å². The predicted molar refractivity (Wildman–Crippen MR) is 95.6 cm³/mol. The fourth-order valence-electron chi connectivity index (χ4n) is 2.70. The molecule has 1 aromatic rings. The lowest BCUT2D eigenvalue weighted by Gasteiger charge is -2.34. The molecule has 1 aromatic carbocycles. The number of hydrogen-bond acceptors (Lipinski definition) is 4. The van der Waals surface area contributed by atoms with Crippen LogP contribution in [0.1, 0.15) is 30.6 Å². The summed E-state index contributed by atoms with van der Waals surface area (Å²) in [5, 5.41) is 3.04. The second kappa shape index (κ2) is 9.45. The maximum atomic E-state index is 12.3. The van der Waals surface area contributed by atoms with Gasteiger partial charge in [0.05, 0.1) is 13.2 Å². The van der Waals surface area contributed by atoms with Crippen molar-refractivity contribution >= 4 is 5.91 Å². The van der Waals surface area contributed by atoms with E-state index in [0.717, 1.165) is 44.0 Å². The second-order valence-corrected chi connectivity index (χ2v) is 6.19. The lowest BCUT2D eigenvalue weighted by atomic mass is 10.1. The molecule has 0 aliphatic carbocycles. The van der Waals surface area contributed by atoms with Crippen LogP contribution in [-0.4, -0.2) is 56.3 Å². The molecule has 1 unspecified atom stereocenters. The van der Waals surface area contributed by atoms with Gasteiger partial charge in [-0.05, 0) is 43.2 Å². The zero-order valence-electron chi connectivity index (χ0n) is 14.7. The number of amides is 1. The monoisotopic (exact) mass is 332 g/mol. The molecule has 1 heterocycles. The summed E-state index contributed by atoms with van der Waals surface area (Å²) in [7, 11) is 0. The first-order chi connectivity index (χ1) is 11.6. The Labute approximate surface area is 144 Å². The van der Waals surface area contributed by atoms with Gasteiger partial charge in [0.25, 0.3) is 5.91 Å². The second-order valence-electron chi connectivity index (χ2n) is 6.19. The molecule has 1 atom stereocenters. The van der Waals surface area contributed by atoms with Crippen LogP contribution in [0.3, 0.4) is 0 Å². The highest BCUT2D eigenvalue weighted by molar-refractivity contribution is 5.94. The molecule has 0 radical (unpaired) electrons. The molecule has 0 aromatic heterocycles. The molecule has 2 rings (SSSR count). The lowest BCUT2D eigenvalue weighted by Crippen LogP contribution is -2.48. The maximum absolute atomic E-state index is 12.3. The number of carbonyl (C=O) groups is 1. The number of benzene rings is 1. The molecule has 0 spiro atoms. The van der Waals surface area contributed by atoms with Crippen LogP contribution in [0.25, 0.3) is 0 Å². The molecule has 0 saturated carbocycles. The van der Waals surface area contributed by atoms with Crippen molar-refractivity contribution in [2.24, 2.45) is 0 Å². The maximum Gasteiger partial charge on any atom is 0.251 e. The van der Waals surface area contributed by atoms with Gasteiger partial charge in [-0.1, -0.05) is 13.5 Å². The summed E-state index contributed by atoms with van der Waals surface area (Å²) in [6.07, 6.45) is 1.01. The fraction of sp³-hybridized carbons (Fsp3) is 0.526.